The number of anilines is 1. The molecule has 2 aromatic carbocycles. The Balaban J connectivity index is 1.69. The highest BCUT2D eigenvalue weighted by Gasteiger charge is 2.23. The Morgan fingerprint density at radius 3 is 2.46 bits per heavy atom. The van der Waals surface area contributed by atoms with E-state index in [2.05, 4.69) is 22.2 Å². The van der Waals surface area contributed by atoms with Crippen LogP contribution in [0.15, 0.2) is 55.1 Å². The fraction of sp³-hybridized carbons (Fsp3) is 0.250. The van der Waals surface area contributed by atoms with Crippen LogP contribution in [0.2, 0.25) is 0 Å². The Kier molecular flexibility index (Phi) is 7.27. The molecule has 180 valence electrons. The summed E-state index contributed by atoms with van der Waals surface area (Å²) in [6.07, 6.45) is 3.97. The Bertz CT molecular complexity index is 1260. The van der Waals surface area contributed by atoms with Gasteiger partial charge < -0.3 is 21.1 Å². The van der Waals surface area contributed by atoms with Gasteiger partial charge in [-0.1, -0.05) is 30.9 Å². The average Bonchev–Trinajstić information content (AvgIpc) is 3.71. The molecule has 0 saturated heterocycles. The zero-order valence-electron chi connectivity index (χ0n) is 20.1. The standard InChI is InChI=1S/C28H30N4O3/c1-4-20-13-24(27(33)32-21-9-7-18(15-29)8-10-21)23(14-26(20)35-3)22-11-12-25(31-17(22)2)28(34)30-16-19-5-6-19/h4,7-14,19H,1,5-6,15-16,29H2,2-3H3,(H,30,34)(H,32,33). The number of benzene rings is 2. The van der Waals surface area contributed by atoms with Gasteiger partial charge in [-0.25, -0.2) is 4.98 Å². The summed E-state index contributed by atoms with van der Waals surface area (Å²) in [5.74, 6) is 0.703. The van der Waals surface area contributed by atoms with Crippen molar-refractivity contribution < 1.29 is 14.3 Å². The largest absolute Gasteiger partial charge is 0.496 e. The van der Waals surface area contributed by atoms with Crippen LogP contribution in [0.3, 0.4) is 0 Å². The molecule has 4 rings (SSSR count). The lowest BCUT2D eigenvalue weighted by molar-refractivity contribution is 0.0945. The fourth-order valence-electron chi connectivity index (χ4n) is 3.89. The number of ether oxygens (including phenoxy) is 1. The normalized spacial score (nSPS) is 12.7. The molecule has 2 amide bonds. The number of nitrogens with two attached hydrogens (primary N) is 1. The number of hydrogen-bond donors (Lipinski definition) is 3. The molecular formula is C28H30N4O3. The van der Waals surface area contributed by atoms with E-state index in [0.717, 1.165) is 24.0 Å². The molecule has 1 fully saturated rings. The molecule has 1 aliphatic rings. The van der Waals surface area contributed by atoms with E-state index in [1.165, 1.54) is 0 Å². The number of aryl methyl sites for hydroxylation is 1. The molecule has 0 aliphatic heterocycles. The van der Waals surface area contributed by atoms with Crippen LogP contribution in [0.4, 0.5) is 5.69 Å². The quantitative estimate of drug-likeness (QED) is 0.425. The molecule has 3 aromatic rings. The second-order valence-electron chi connectivity index (χ2n) is 8.68. The number of carbonyl (C=O) groups excluding carboxylic acids is 2. The zero-order valence-corrected chi connectivity index (χ0v) is 20.1. The van der Waals surface area contributed by atoms with E-state index in [0.29, 0.717) is 58.5 Å². The summed E-state index contributed by atoms with van der Waals surface area (Å²) in [7, 11) is 1.57. The van der Waals surface area contributed by atoms with Gasteiger partial charge in [0.25, 0.3) is 11.8 Å². The van der Waals surface area contributed by atoms with Crippen LogP contribution in [0, 0.1) is 12.8 Å². The van der Waals surface area contributed by atoms with Gasteiger partial charge in [0.2, 0.25) is 0 Å². The second kappa shape index (κ2) is 10.5. The van der Waals surface area contributed by atoms with Crippen LogP contribution in [0.5, 0.6) is 5.75 Å². The summed E-state index contributed by atoms with van der Waals surface area (Å²) < 4.78 is 5.54. The van der Waals surface area contributed by atoms with Crippen LogP contribution in [0.25, 0.3) is 17.2 Å². The molecule has 4 N–H and O–H groups in total. The van der Waals surface area contributed by atoms with Gasteiger partial charge >= 0.3 is 0 Å². The fourth-order valence-corrected chi connectivity index (χ4v) is 3.89. The van der Waals surface area contributed by atoms with E-state index >= 15 is 0 Å². The Morgan fingerprint density at radius 1 is 1.11 bits per heavy atom. The Hall–Kier alpha value is -3.97. The van der Waals surface area contributed by atoms with Crippen molar-refractivity contribution in [2.75, 3.05) is 19.0 Å². The highest BCUT2D eigenvalue weighted by molar-refractivity contribution is 6.09. The third-order valence-corrected chi connectivity index (χ3v) is 6.14. The monoisotopic (exact) mass is 470 g/mol. The van der Waals surface area contributed by atoms with Gasteiger partial charge in [0, 0.05) is 41.2 Å². The van der Waals surface area contributed by atoms with E-state index in [1.54, 1.807) is 31.4 Å². The maximum absolute atomic E-state index is 13.4. The van der Waals surface area contributed by atoms with E-state index in [4.69, 9.17) is 10.5 Å². The molecule has 7 nitrogen and oxygen atoms in total. The summed E-state index contributed by atoms with van der Waals surface area (Å²) in [6.45, 7) is 6.79. The van der Waals surface area contributed by atoms with Crippen molar-refractivity contribution in [3.63, 3.8) is 0 Å². The number of nitrogens with zero attached hydrogens (tertiary/aromatic N) is 1. The van der Waals surface area contributed by atoms with Crippen LogP contribution in [0.1, 0.15) is 50.5 Å². The van der Waals surface area contributed by atoms with Gasteiger partial charge in [-0.05, 0) is 67.1 Å². The van der Waals surface area contributed by atoms with E-state index in [9.17, 15) is 9.59 Å². The molecule has 35 heavy (non-hydrogen) atoms. The lowest BCUT2D eigenvalue weighted by atomic mass is 9.94. The number of pyridine rings is 1. The molecule has 1 saturated carbocycles. The van der Waals surface area contributed by atoms with Crippen LogP contribution < -0.4 is 21.1 Å². The Morgan fingerprint density at radius 2 is 1.86 bits per heavy atom. The number of methoxy groups -OCH3 is 1. The molecule has 1 heterocycles. The first-order chi connectivity index (χ1) is 16.9. The predicted molar refractivity (Wildman–Crippen MR) is 138 cm³/mol. The smallest absolute Gasteiger partial charge is 0.269 e. The van der Waals surface area contributed by atoms with Gasteiger partial charge in [0.15, 0.2) is 0 Å². The first-order valence-corrected chi connectivity index (χ1v) is 11.6. The van der Waals surface area contributed by atoms with Crippen molar-refractivity contribution in [1.82, 2.24) is 10.3 Å². The van der Waals surface area contributed by atoms with Gasteiger partial charge in [0.1, 0.15) is 11.4 Å². The number of nitrogens with one attached hydrogen (secondary N) is 2. The predicted octanol–water partition coefficient (Wildman–Crippen LogP) is 4.56. The topological polar surface area (TPSA) is 106 Å². The minimum absolute atomic E-state index is 0.190. The number of aromatic nitrogens is 1. The van der Waals surface area contributed by atoms with Crippen molar-refractivity contribution in [3.8, 4) is 16.9 Å². The first kappa shape index (κ1) is 24.2. The van der Waals surface area contributed by atoms with Crippen LogP contribution >= 0.6 is 0 Å². The highest BCUT2D eigenvalue weighted by atomic mass is 16.5. The summed E-state index contributed by atoms with van der Waals surface area (Å²) in [5.41, 5.74) is 10.8. The van der Waals surface area contributed by atoms with E-state index in [1.807, 2.05) is 37.3 Å². The summed E-state index contributed by atoms with van der Waals surface area (Å²) in [4.78, 5) is 30.4. The van der Waals surface area contributed by atoms with Crippen molar-refractivity contribution in [2.24, 2.45) is 11.7 Å². The SMILES string of the molecule is C=Cc1cc(C(=O)Nc2ccc(CN)cc2)c(-c2ccc(C(=O)NCC3CC3)nc2C)cc1OC. The molecule has 0 atom stereocenters. The first-order valence-electron chi connectivity index (χ1n) is 11.6. The summed E-state index contributed by atoms with van der Waals surface area (Å²) in [6, 6.07) is 14.5. The zero-order chi connectivity index (χ0) is 24.9. The molecule has 0 unspecified atom stereocenters. The lowest BCUT2D eigenvalue weighted by Crippen LogP contribution is -2.26. The molecule has 1 aromatic heterocycles. The second-order valence-corrected chi connectivity index (χ2v) is 8.68. The maximum Gasteiger partial charge on any atom is 0.269 e. The van der Waals surface area contributed by atoms with Crippen molar-refractivity contribution in [2.45, 2.75) is 26.3 Å². The van der Waals surface area contributed by atoms with Crippen molar-refractivity contribution in [3.05, 3.63) is 83.2 Å². The average molecular weight is 471 g/mol. The molecule has 0 spiro atoms. The molecule has 0 bridgehead atoms. The van der Waals surface area contributed by atoms with Gasteiger partial charge in [-0.3, -0.25) is 9.59 Å². The lowest BCUT2D eigenvalue weighted by Gasteiger charge is -2.16. The third-order valence-electron chi connectivity index (χ3n) is 6.14. The minimum atomic E-state index is -0.281. The van der Waals surface area contributed by atoms with Crippen molar-refractivity contribution in [1.29, 1.82) is 0 Å². The summed E-state index contributed by atoms with van der Waals surface area (Å²) >= 11 is 0. The van der Waals surface area contributed by atoms with E-state index in [-0.39, 0.29) is 11.8 Å². The number of carbonyl (C=O) groups is 2. The van der Waals surface area contributed by atoms with Crippen molar-refractivity contribution >= 4 is 23.6 Å². The molecule has 1 aliphatic carbocycles. The molecular weight excluding hydrogens is 440 g/mol. The van der Waals surface area contributed by atoms with Gasteiger partial charge in [-0.2, -0.15) is 0 Å². The summed E-state index contributed by atoms with van der Waals surface area (Å²) in [5, 5.41) is 5.89. The molecule has 7 heteroatoms. The maximum atomic E-state index is 13.4. The molecule has 0 radical (unpaired) electrons. The number of hydrogen-bond acceptors (Lipinski definition) is 5. The van der Waals surface area contributed by atoms with Gasteiger partial charge in [-0.15, -0.1) is 0 Å². The van der Waals surface area contributed by atoms with Crippen LogP contribution in [-0.2, 0) is 6.54 Å². The third kappa shape index (κ3) is 5.58. The highest BCUT2D eigenvalue weighted by Crippen LogP contribution is 2.34. The number of amides is 2. The minimum Gasteiger partial charge on any atom is -0.496 e. The Labute approximate surface area is 205 Å². The number of rotatable bonds is 9. The van der Waals surface area contributed by atoms with E-state index < -0.39 is 0 Å². The van der Waals surface area contributed by atoms with Gasteiger partial charge in [0.05, 0.1) is 7.11 Å². The van der Waals surface area contributed by atoms with Crippen LogP contribution in [-0.4, -0.2) is 30.5 Å².